The number of carbonyl (C=O) groups is 1. The van der Waals surface area contributed by atoms with Crippen molar-refractivity contribution < 1.29 is 4.79 Å². The molecule has 0 bridgehead atoms. The number of nitrogens with zero attached hydrogens (tertiary/aromatic N) is 1. The summed E-state index contributed by atoms with van der Waals surface area (Å²) >= 11 is 1.68. The van der Waals surface area contributed by atoms with Crippen molar-refractivity contribution in [2.45, 2.75) is 31.8 Å². The summed E-state index contributed by atoms with van der Waals surface area (Å²) in [4.78, 5) is 15.5. The van der Waals surface area contributed by atoms with Crippen LogP contribution in [0.5, 0.6) is 0 Å². The lowest BCUT2D eigenvalue weighted by Crippen LogP contribution is -2.35. The maximum atomic E-state index is 11.9. The minimum absolute atomic E-state index is 0.135. The molecule has 1 amide bonds. The summed E-state index contributed by atoms with van der Waals surface area (Å²) in [6, 6.07) is 13.2. The quantitative estimate of drug-likeness (QED) is 0.889. The lowest BCUT2D eigenvalue weighted by molar-refractivity contribution is -0.121. The summed E-state index contributed by atoms with van der Waals surface area (Å²) < 4.78 is 0. The van der Waals surface area contributed by atoms with Gasteiger partial charge < -0.3 is 10.2 Å². The Kier molecular flexibility index (Phi) is 4.90. The molecule has 116 valence electrons. The fraction of sp³-hybridized carbons (Fsp3) is 0.389. The van der Waals surface area contributed by atoms with Gasteiger partial charge in [-0.15, -0.1) is 11.3 Å². The summed E-state index contributed by atoms with van der Waals surface area (Å²) in [6.07, 6.45) is 2.77. The van der Waals surface area contributed by atoms with Crippen LogP contribution in [0.15, 0.2) is 41.8 Å². The van der Waals surface area contributed by atoms with E-state index in [1.807, 2.05) is 17.5 Å². The Morgan fingerprint density at radius 3 is 2.59 bits per heavy atom. The molecule has 0 saturated carbocycles. The second-order valence-corrected chi connectivity index (χ2v) is 6.95. The van der Waals surface area contributed by atoms with Gasteiger partial charge in [-0.3, -0.25) is 4.79 Å². The van der Waals surface area contributed by atoms with Crippen molar-refractivity contribution in [3.05, 3.63) is 57.8 Å². The number of likely N-dealkylation sites (N-methyl/N-ethyl adjacent to an activating group) is 1. The van der Waals surface area contributed by atoms with Crippen LogP contribution in [0.4, 0.5) is 0 Å². The Morgan fingerprint density at radius 2 is 1.95 bits per heavy atom. The van der Waals surface area contributed by atoms with Gasteiger partial charge in [0.15, 0.2) is 0 Å². The third-order valence-corrected chi connectivity index (χ3v) is 5.26. The molecule has 1 aromatic carbocycles. The van der Waals surface area contributed by atoms with Crippen LogP contribution in [0.3, 0.4) is 0 Å². The first-order chi connectivity index (χ1) is 10.7. The Bertz CT molecular complexity index is 599. The number of rotatable bonds is 6. The maximum absolute atomic E-state index is 11.9. The van der Waals surface area contributed by atoms with Crippen molar-refractivity contribution >= 4 is 17.2 Å². The third kappa shape index (κ3) is 3.76. The van der Waals surface area contributed by atoms with Crippen molar-refractivity contribution in [2.24, 2.45) is 0 Å². The van der Waals surface area contributed by atoms with E-state index in [1.54, 1.807) is 11.3 Å². The van der Waals surface area contributed by atoms with Crippen molar-refractivity contribution in [1.29, 1.82) is 0 Å². The molecular formula is C18H22N2OS. The van der Waals surface area contributed by atoms with E-state index in [1.165, 1.54) is 16.0 Å². The molecular weight excluding hydrogens is 292 g/mol. The molecule has 0 unspecified atom stereocenters. The summed E-state index contributed by atoms with van der Waals surface area (Å²) in [5, 5.41) is 5.03. The molecule has 4 heteroatoms. The van der Waals surface area contributed by atoms with Crippen LogP contribution in [0.1, 0.15) is 22.4 Å². The minimum atomic E-state index is 0.135. The van der Waals surface area contributed by atoms with Crippen LogP contribution in [0.25, 0.3) is 0 Å². The lowest BCUT2D eigenvalue weighted by atomic mass is 10.1. The normalized spacial score (nSPS) is 14.3. The molecule has 0 aliphatic heterocycles. The fourth-order valence-electron chi connectivity index (χ4n) is 3.00. The maximum Gasteiger partial charge on any atom is 0.221 e. The average molecular weight is 314 g/mol. The molecule has 0 atom stereocenters. The van der Waals surface area contributed by atoms with E-state index >= 15 is 0 Å². The molecule has 1 aromatic heterocycles. The molecule has 0 radical (unpaired) electrons. The number of hydrogen-bond acceptors (Lipinski definition) is 3. The third-order valence-electron chi connectivity index (χ3n) is 4.38. The topological polar surface area (TPSA) is 32.3 Å². The van der Waals surface area contributed by atoms with E-state index in [9.17, 15) is 4.79 Å². The van der Waals surface area contributed by atoms with Crippen LogP contribution in [0.2, 0.25) is 0 Å². The second kappa shape index (κ2) is 7.07. The number of thiophene rings is 1. The Hall–Kier alpha value is -1.65. The van der Waals surface area contributed by atoms with Gasteiger partial charge in [-0.25, -0.2) is 0 Å². The number of benzene rings is 1. The van der Waals surface area contributed by atoms with Crippen LogP contribution in [0, 0.1) is 0 Å². The highest BCUT2D eigenvalue weighted by Crippen LogP contribution is 2.24. The molecule has 22 heavy (non-hydrogen) atoms. The first-order valence-corrected chi connectivity index (χ1v) is 8.66. The van der Waals surface area contributed by atoms with Crippen molar-refractivity contribution in [2.75, 3.05) is 13.6 Å². The first-order valence-electron chi connectivity index (χ1n) is 7.78. The van der Waals surface area contributed by atoms with E-state index in [0.29, 0.717) is 19.0 Å². The SMILES string of the molecule is CN(CCC(=O)NCc1cccs1)C1Cc2ccccc2C1. The van der Waals surface area contributed by atoms with Gasteiger partial charge in [-0.05, 0) is 42.5 Å². The molecule has 1 aliphatic carbocycles. The number of amides is 1. The summed E-state index contributed by atoms with van der Waals surface area (Å²) in [6.45, 7) is 1.46. The molecule has 3 rings (SSSR count). The zero-order valence-electron chi connectivity index (χ0n) is 12.9. The Morgan fingerprint density at radius 1 is 1.23 bits per heavy atom. The van der Waals surface area contributed by atoms with E-state index < -0.39 is 0 Å². The van der Waals surface area contributed by atoms with E-state index in [4.69, 9.17) is 0 Å². The summed E-state index contributed by atoms with van der Waals surface area (Å²) in [5.74, 6) is 0.135. The van der Waals surface area contributed by atoms with Crippen molar-refractivity contribution in [3.63, 3.8) is 0 Å². The van der Waals surface area contributed by atoms with E-state index in [2.05, 4.69) is 41.5 Å². The smallest absolute Gasteiger partial charge is 0.221 e. The summed E-state index contributed by atoms with van der Waals surface area (Å²) in [7, 11) is 2.13. The lowest BCUT2D eigenvalue weighted by Gasteiger charge is -2.23. The predicted molar refractivity (Wildman–Crippen MR) is 91.1 cm³/mol. The molecule has 1 heterocycles. The van der Waals surface area contributed by atoms with Gasteiger partial charge in [0.25, 0.3) is 0 Å². The van der Waals surface area contributed by atoms with Gasteiger partial charge in [0.1, 0.15) is 0 Å². The zero-order chi connectivity index (χ0) is 15.4. The monoisotopic (exact) mass is 314 g/mol. The minimum Gasteiger partial charge on any atom is -0.351 e. The highest BCUT2D eigenvalue weighted by molar-refractivity contribution is 7.09. The first kappa shape index (κ1) is 15.3. The highest BCUT2D eigenvalue weighted by Gasteiger charge is 2.24. The molecule has 2 aromatic rings. The van der Waals surface area contributed by atoms with Crippen LogP contribution >= 0.6 is 11.3 Å². The number of nitrogens with one attached hydrogen (secondary N) is 1. The number of carbonyl (C=O) groups excluding carboxylic acids is 1. The van der Waals surface area contributed by atoms with Gasteiger partial charge >= 0.3 is 0 Å². The largest absolute Gasteiger partial charge is 0.351 e. The van der Waals surface area contributed by atoms with Gasteiger partial charge in [-0.1, -0.05) is 30.3 Å². The zero-order valence-corrected chi connectivity index (χ0v) is 13.7. The molecule has 0 spiro atoms. The van der Waals surface area contributed by atoms with Crippen LogP contribution < -0.4 is 5.32 Å². The van der Waals surface area contributed by atoms with Gasteiger partial charge in [-0.2, -0.15) is 0 Å². The Balaban J connectivity index is 1.41. The molecule has 1 N–H and O–H groups in total. The second-order valence-electron chi connectivity index (χ2n) is 5.92. The number of hydrogen-bond donors (Lipinski definition) is 1. The van der Waals surface area contributed by atoms with Crippen LogP contribution in [-0.2, 0) is 24.2 Å². The van der Waals surface area contributed by atoms with E-state index in [0.717, 1.165) is 19.4 Å². The highest BCUT2D eigenvalue weighted by atomic mass is 32.1. The van der Waals surface area contributed by atoms with Crippen molar-refractivity contribution in [1.82, 2.24) is 10.2 Å². The van der Waals surface area contributed by atoms with Gasteiger partial charge in [0.05, 0.1) is 6.54 Å². The van der Waals surface area contributed by atoms with Gasteiger partial charge in [0, 0.05) is 23.9 Å². The molecule has 1 aliphatic rings. The fourth-order valence-corrected chi connectivity index (χ4v) is 3.64. The number of fused-ring (bicyclic) bond motifs is 1. The summed E-state index contributed by atoms with van der Waals surface area (Å²) in [5.41, 5.74) is 2.92. The average Bonchev–Trinajstić information content (AvgIpc) is 3.19. The molecule has 0 saturated heterocycles. The van der Waals surface area contributed by atoms with Crippen molar-refractivity contribution in [3.8, 4) is 0 Å². The Labute approximate surface area is 136 Å². The molecule has 3 nitrogen and oxygen atoms in total. The molecule has 0 fully saturated rings. The van der Waals surface area contributed by atoms with E-state index in [-0.39, 0.29) is 5.91 Å². The van der Waals surface area contributed by atoms with Gasteiger partial charge in [0.2, 0.25) is 5.91 Å². The van der Waals surface area contributed by atoms with Crippen LogP contribution in [-0.4, -0.2) is 30.4 Å². The standard InChI is InChI=1S/C18H22N2OS/c1-20(16-11-14-5-2-3-6-15(14)12-16)9-8-18(21)19-13-17-7-4-10-22-17/h2-7,10,16H,8-9,11-13H2,1H3,(H,19,21). The predicted octanol–water partition coefficient (Wildman–Crippen LogP) is 2.85.